The Morgan fingerprint density at radius 2 is 2.13 bits per heavy atom. The average molecular weight is 446 g/mol. The van der Waals surface area contributed by atoms with Gasteiger partial charge in [-0.1, -0.05) is 0 Å². The van der Waals surface area contributed by atoms with Crippen LogP contribution < -0.4 is 21.3 Å². The number of nitrogen functional groups attached to an aromatic ring is 1. The summed E-state index contributed by atoms with van der Waals surface area (Å²) in [5, 5.41) is 6.66. The standard InChI is InChI=1S/C22H25F2N5OS/c1-12-3-4-15-19(25)20(31-22(15)28-12)21(30)27-7-5-13-9-17(24)18(10-16(13)23)29-8-6-14(11-29)26-2/h3-4,9-10,14,26H,5-8,11,25H2,1-2H3,(H,27,30)/t14-/m1/s1. The number of halogens is 2. The van der Waals surface area contributed by atoms with Crippen LogP contribution in [0.25, 0.3) is 10.2 Å². The van der Waals surface area contributed by atoms with Crippen molar-refractivity contribution in [1.29, 1.82) is 0 Å². The summed E-state index contributed by atoms with van der Waals surface area (Å²) in [6.45, 7) is 3.37. The third-order valence-electron chi connectivity index (χ3n) is 5.67. The lowest BCUT2D eigenvalue weighted by atomic mass is 10.1. The molecule has 1 atom stereocenters. The number of rotatable bonds is 6. The maximum absolute atomic E-state index is 14.6. The largest absolute Gasteiger partial charge is 0.397 e. The first-order valence-corrected chi connectivity index (χ1v) is 11.0. The van der Waals surface area contributed by atoms with E-state index < -0.39 is 11.6 Å². The van der Waals surface area contributed by atoms with E-state index in [1.54, 1.807) is 0 Å². The van der Waals surface area contributed by atoms with E-state index in [1.165, 1.54) is 23.5 Å². The quantitative estimate of drug-likeness (QED) is 0.543. The molecule has 1 aliphatic heterocycles. The molecule has 4 N–H and O–H groups in total. The van der Waals surface area contributed by atoms with E-state index >= 15 is 0 Å². The van der Waals surface area contributed by atoms with Gasteiger partial charge in [-0.15, -0.1) is 11.3 Å². The minimum Gasteiger partial charge on any atom is -0.397 e. The number of anilines is 2. The highest BCUT2D eigenvalue weighted by molar-refractivity contribution is 7.21. The monoisotopic (exact) mass is 445 g/mol. The molecule has 3 heterocycles. The molecule has 2 aromatic heterocycles. The number of pyridine rings is 1. The highest BCUT2D eigenvalue weighted by atomic mass is 32.1. The molecule has 0 saturated carbocycles. The number of carbonyl (C=O) groups is 1. The van der Waals surface area contributed by atoms with Gasteiger partial charge in [-0.2, -0.15) is 0 Å². The van der Waals surface area contributed by atoms with Gasteiger partial charge in [-0.3, -0.25) is 4.79 Å². The number of amides is 1. The van der Waals surface area contributed by atoms with Gasteiger partial charge in [-0.05, 0) is 50.6 Å². The zero-order valence-electron chi connectivity index (χ0n) is 17.5. The molecule has 0 radical (unpaired) electrons. The smallest absolute Gasteiger partial charge is 0.263 e. The van der Waals surface area contributed by atoms with Crippen molar-refractivity contribution < 1.29 is 13.6 Å². The molecule has 0 spiro atoms. The number of nitrogens with zero attached hydrogens (tertiary/aromatic N) is 2. The molecule has 4 rings (SSSR count). The Morgan fingerprint density at radius 1 is 1.32 bits per heavy atom. The van der Waals surface area contributed by atoms with Gasteiger partial charge in [0.05, 0.1) is 11.4 Å². The van der Waals surface area contributed by atoms with Crippen LogP contribution in [-0.2, 0) is 6.42 Å². The van der Waals surface area contributed by atoms with Crippen LogP contribution in [0.2, 0.25) is 0 Å². The molecular formula is C22H25F2N5OS. The normalized spacial score (nSPS) is 16.3. The van der Waals surface area contributed by atoms with Crippen molar-refractivity contribution in [1.82, 2.24) is 15.6 Å². The maximum Gasteiger partial charge on any atom is 0.263 e. The summed E-state index contributed by atoms with van der Waals surface area (Å²) in [6, 6.07) is 6.44. The van der Waals surface area contributed by atoms with Gasteiger partial charge in [0.25, 0.3) is 5.91 Å². The highest BCUT2D eigenvalue weighted by Crippen LogP contribution is 2.32. The highest BCUT2D eigenvalue weighted by Gasteiger charge is 2.24. The van der Waals surface area contributed by atoms with Gasteiger partial charge in [0, 0.05) is 42.8 Å². The molecule has 6 nitrogen and oxygen atoms in total. The summed E-state index contributed by atoms with van der Waals surface area (Å²) in [5.74, 6) is -1.26. The molecule has 1 amide bonds. The number of nitrogens with one attached hydrogen (secondary N) is 2. The number of likely N-dealkylation sites (N-methyl/N-ethyl adjacent to an activating group) is 1. The fourth-order valence-corrected chi connectivity index (χ4v) is 4.93. The van der Waals surface area contributed by atoms with E-state index in [4.69, 9.17) is 5.73 Å². The lowest BCUT2D eigenvalue weighted by Crippen LogP contribution is -2.30. The molecule has 9 heteroatoms. The first-order valence-electron chi connectivity index (χ1n) is 10.2. The van der Waals surface area contributed by atoms with E-state index in [9.17, 15) is 13.6 Å². The van der Waals surface area contributed by atoms with E-state index in [0.717, 1.165) is 17.5 Å². The Balaban J connectivity index is 1.41. The number of hydrogen-bond donors (Lipinski definition) is 3. The van der Waals surface area contributed by atoms with E-state index in [0.29, 0.717) is 28.5 Å². The van der Waals surface area contributed by atoms with Crippen LogP contribution in [0.1, 0.15) is 27.3 Å². The van der Waals surface area contributed by atoms with Crippen molar-refractivity contribution in [3.63, 3.8) is 0 Å². The fraction of sp³-hybridized carbons (Fsp3) is 0.364. The lowest BCUT2D eigenvalue weighted by Gasteiger charge is -2.20. The molecule has 1 fully saturated rings. The van der Waals surface area contributed by atoms with Gasteiger partial charge in [0.2, 0.25) is 0 Å². The Labute approximate surface area is 183 Å². The number of aryl methyl sites for hydroxylation is 1. The first-order chi connectivity index (χ1) is 14.9. The molecule has 0 aliphatic carbocycles. The second-order valence-electron chi connectivity index (χ2n) is 7.77. The number of aromatic nitrogens is 1. The lowest BCUT2D eigenvalue weighted by molar-refractivity contribution is 0.0959. The Bertz CT molecular complexity index is 1130. The van der Waals surface area contributed by atoms with E-state index in [-0.39, 0.29) is 36.2 Å². The fourth-order valence-electron chi connectivity index (χ4n) is 3.88. The minimum atomic E-state index is -0.473. The molecular weight excluding hydrogens is 420 g/mol. The van der Waals surface area contributed by atoms with Crippen LogP contribution in [-0.4, -0.2) is 43.6 Å². The number of nitrogens with two attached hydrogens (primary N) is 1. The van der Waals surface area contributed by atoms with Gasteiger partial charge in [0.1, 0.15) is 21.3 Å². The number of benzene rings is 1. The van der Waals surface area contributed by atoms with E-state index in [1.807, 2.05) is 31.0 Å². The second-order valence-corrected chi connectivity index (χ2v) is 8.77. The predicted octanol–water partition coefficient (Wildman–Crippen LogP) is 3.24. The van der Waals surface area contributed by atoms with Gasteiger partial charge in [0.15, 0.2) is 0 Å². The maximum atomic E-state index is 14.6. The summed E-state index contributed by atoms with van der Waals surface area (Å²) >= 11 is 1.22. The van der Waals surface area contributed by atoms with Gasteiger partial charge in [-0.25, -0.2) is 13.8 Å². The number of hydrogen-bond acceptors (Lipinski definition) is 6. The predicted molar refractivity (Wildman–Crippen MR) is 121 cm³/mol. The summed E-state index contributed by atoms with van der Waals surface area (Å²) in [5.41, 5.74) is 7.85. The summed E-state index contributed by atoms with van der Waals surface area (Å²) in [6.07, 6.45) is 1.07. The van der Waals surface area contributed by atoms with Crippen LogP contribution in [0.3, 0.4) is 0 Å². The van der Waals surface area contributed by atoms with Crippen LogP contribution in [0, 0.1) is 18.6 Å². The first kappa shape index (κ1) is 21.5. The topological polar surface area (TPSA) is 83.3 Å². The second kappa shape index (κ2) is 8.76. The number of carbonyl (C=O) groups excluding carboxylic acids is 1. The number of thiophene rings is 1. The summed E-state index contributed by atoms with van der Waals surface area (Å²) in [4.78, 5) is 19.9. The van der Waals surface area contributed by atoms with Crippen molar-refractivity contribution in [3.05, 3.63) is 52.0 Å². The van der Waals surface area contributed by atoms with Crippen molar-refractivity contribution in [2.45, 2.75) is 25.8 Å². The molecule has 3 aromatic rings. The number of fused-ring (bicyclic) bond motifs is 1. The van der Waals surface area contributed by atoms with Gasteiger partial charge >= 0.3 is 0 Å². The van der Waals surface area contributed by atoms with Gasteiger partial charge < -0.3 is 21.3 Å². The minimum absolute atomic E-state index is 0.167. The van der Waals surface area contributed by atoms with Crippen molar-refractivity contribution in [2.24, 2.45) is 0 Å². The summed E-state index contributed by atoms with van der Waals surface area (Å²) < 4.78 is 29.2. The molecule has 1 aliphatic rings. The van der Waals surface area contributed by atoms with Crippen molar-refractivity contribution in [2.75, 3.05) is 37.3 Å². The SMILES string of the molecule is CN[C@@H]1CCN(c2cc(F)c(CCNC(=O)c3sc4nc(C)ccc4c3N)cc2F)C1. The Kier molecular flexibility index (Phi) is 6.06. The Morgan fingerprint density at radius 3 is 2.87 bits per heavy atom. The molecule has 1 saturated heterocycles. The van der Waals surface area contributed by atoms with Crippen LogP contribution in [0.4, 0.5) is 20.2 Å². The average Bonchev–Trinajstić information content (AvgIpc) is 3.34. The van der Waals surface area contributed by atoms with Crippen LogP contribution in [0.15, 0.2) is 24.3 Å². The summed E-state index contributed by atoms with van der Waals surface area (Å²) in [7, 11) is 1.87. The third-order valence-corrected chi connectivity index (χ3v) is 6.79. The molecule has 0 bridgehead atoms. The van der Waals surface area contributed by atoms with Crippen molar-refractivity contribution in [3.8, 4) is 0 Å². The van der Waals surface area contributed by atoms with Crippen LogP contribution >= 0.6 is 11.3 Å². The molecule has 1 aromatic carbocycles. The molecule has 0 unspecified atom stereocenters. The zero-order valence-corrected chi connectivity index (χ0v) is 18.3. The zero-order chi connectivity index (χ0) is 22.1. The van der Waals surface area contributed by atoms with Crippen molar-refractivity contribution >= 4 is 38.8 Å². The third kappa shape index (κ3) is 4.33. The van der Waals surface area contributed by atoms with E-state index in [2.05, 4.69) is 15.6 Å². The Hall–Kier alpha value is -2.78. The molecule has 31 heavy (non-hydrogen) atoms. The van der Waals surface area contributed by atoms with Crippen LogP contribution in [0.5, 0.6) is 0 Å². The molecule has 164 valence electrons.